The summed E-state index contributed by atoms with van der Waals surface area (Å²) < 4.78 is 0. The summed E-state index contributed by atoms with van der Waals surface area (Å²) in [6, 6.07) is 7.71. The summed E-state index contributed by atoms with van der Waals surface area (Å²) in [6.07, 6.45) is 15.1. The largest absolute Gasteiger partial charge is 0.339 e. The molecule has 0 aromatic carbocycles. The van der Waals surface area contributed by atoms with Crippen LogP contribution in [0.3, 0.4) is 0 Å². The van der Waals surface area contributed by atoms with E-state index in [1.54, 1.807) is 30.9 Å². The van der Waals surface area contributed by atoms with E-state index in [-0.39, 0.29) is 5.91 Å². The van der Waals surface area contributed by atoms with Crippen molar-refractivity contribution in [2.45, 2.75) is 26.2 Å². The number of aromatic nitrogens is 4. The van der Waals surface area contributed by atoms with Crippen LogP contribution in [0.15, 0.2) is 61.3 Å². The molecule has 1 aliphatic heterocycles. The van der Waals surface area contributed by atoms with E-state index >= 15 is 0 Å². The van der Waals surface area contributed by atoms with Crippen molar-refractivity contribution in [3.05, 3.63) is 78.1 Å². The molecule has 0 atom stereocenters. The van der Waals surface area contributed by atoms with E-state index in [2.05, 4.69) is 25.3 Å². The molecule has 0 radical (unpaired) electrons. The number of carbonyl (C=O) groups is 1. The summed E-state index contributed by atoms with van der Waals surface area (Å²) in [5.74, 6) is 2.05. The van der Waals surface area contributed by atoms with Gasteiger partial charge in [0.25, 0.3) is 0 Å². The lowest BCUT2D eigenvalue weighted by Gasteiger charge is -2.31. The number of hydrogen-bond donors (Lipinski definition) is 1. The molecule has 0 spiro atoms. The van der Waals surface area contributed by atoms with Crippen molar-refractivity contribution in [1.29, 1.82) is 0 Å². The molecule has 0 aliphatic carbocycles. The van der Waals surface area contributed by atoms with Crippen LogP contribution in [0.1, 0.15) is 29.7 Å². The van der Waals surface area contributed by atoms with Crippen molar-refractivity contribution in [3.63, 3.8) is 0 Å². The van der Waals surface area contributed by atoms with Gasteiger partial charge >= 0.3 is 0 Å². The van der Waals surface area contributed by atoms with E-state index in [0.717, 1.165) is 55.0 Å². The SMILES string of the molecule is Cc1cccnc1Nc1cnc(CC2CCN(C(=O)/C=C/c3cccnc3)CC2)cn1. The molecular formula is C24H26N6O. The highest BCUT2D eigenvalue weighted by Gasteiger charge is 2.22. The van der Waals surface area contributed by atoms with Crippen molar-refractivity contribution < 1.29 is 4.79 Å². The normalized spacial score (nSPS) is 14.7. The first kappa shape index (κ1) is 20.7. The molecule has 7 heteroatoms. The highest BCUT2D eigenvalue weighted by molar-refractivity contribution is 5.91. The van der Waals surface area contributed by atoms with Gasteiger partial charge in [-0.2, -0.15) is 0 Å². The maximum absolute atomic E-state index is 12.4. The second-order valence-corrected chi connectivity index (χ2v) is 7.78. The zero-order valence-corrected chi connectivity index (χ0v) is 17.6. The predicted octanol–water partition coefficient (Wildman–Crippen LogP) is 3.81. The van der Waals surface area contributed by atoms with Gasteiger partial charge in [0, 0.05) is 37.8 Å². The molecule has 158 valence electrons. The summed E-state index contributed by atoms with van der Waals surface area (Å²) in [6.45, 7) is 3.54. The molecule has 7 nitrogen and oxygen atoms in total. The molecule has 4 heterocycles. The summed E-state index contributed by atoms with van der Waals surface area (Å²) in [4.78, 5) is 31.8. The number of likely N-dealkylation sites (tertiary alicyclic amines) is 1. The van der Waals surface area contributed by atoms with Crippen LogP contribution >= 0.6 is 0 Å². The zero-order valence-electron chi connectivity index (χ0n) is 17.6. The molecule has 4 rings (SSSR count). The van der Waals surface area contributed by atoms with Crippen LogP contribution in [-0.4, -0.2) is 43.8 Å². The summed E-state index contributed by atoms with van der Waals surface area (Å²) in [5.41, 5.74) is 2.97. The fourth-order valence-corrected chi connectivity index (χ4v) is 3.66. The third-order valence-corrected chi connectivity index (χ3v) is 5.49. The Balaban J connectivity index is 1.25. The molecule has 3 aromatic rings. The molecule has 1 amide bonds. The van der Waals surface area contributed by atoms with Crippen LogP contribution in [0.5, 0.6) is 0 Å². The highest BCUT2D eigenvalue weighted by Crippen LogP contribution is 2.22. The number of aryl methyl sites for hydroxylation is 1. The van der Waals surface area contributed by atoms with Crippen LogP contribution < -0.4 is 5.32 Å². The average Bonchev–Trinajstić information content (AvgIpc) is 2.81. The number of amides is 1. The highest BCUT2D eigenvalue weighted by atomic mass is 16.2. The molecular weight excluding hydrogens is 388 g/mol. The van der Waals surface area contributed by atoms with Gasteiger partial charge in [0.1, 0.15) is 11.6 Å². The molecule has 31 heavy (non-hydrogen) atoms. The fraction of sp³-hybridized carbons (Fsp3) is 0.292. The number of carbonyl (C=O) groups excluding carboxylic acids is 1. The van der Waals surface area contributed by atoms with Crippen LogP contribution in [0.2, 0.25) is 0 Å². The van der Waals surface area contributed by atoms with Gasteiger partial charge < -0.3 is 10.2 Å². The van der Waals surface area contributed by atoms with Crippen LogP contribution in [0.4, 0.5) is 11.6 Å². The van der Waals surface area contributed by atoms with E-state index in [9.17, 15) is 4.79 Å². The molecule has 0 unspecified atom stereocenters. The molecule has 1 aliphatic rings. The Bertz CT molecular complexity index is 1030. The van der Waals surface area contributed by atoms with Gasteiger partial charge in [0.05, 0.1) is 18.1 Å². The van der Waals surface area contributed by atoms with Crippen LogP contribution in [0, 0.1) is 12.8 Å². The minimum absolute atomic E-state index is 0.0577. The quantitative estimate of drug-likeness (QED) is 0.618. The maximum Gasteiger partial charge on any atom is 0.246 e. The van der Waals surface area contributed by atoms with Crippen molar-refractivity contribution in [2.24, 2.45) is 5.92 Å². The first-order valence-electron chi connectivity index (χ1n) is 10.5. The van der Waals surface area contributed by atoms with Gasteiger partial charge in [-0.3, -0.25) is 14.8 Å². The Kier molecular flexibility index (Phi) is 6.62. The van der Waals surface area contributed by atoms with E-state index in [1.165, 1.54) is 0 Å². The Morgan fingerprint density at radius 2 is 1.94 bits per heavy atom. The predicted molar refractivity (Wildman–Crippen MR) is 121 cm³/mol. The molecule has 0 saturated carbocycles. The Morgan fingerprint density at radius 3 is 2.65 bits per heavy atom. The summed E-state index contributed by atoms with van der Waals surface area (Å²) in [5, 5.41) is 3.21. The van der Waals surface area contributed by atoms with Gasteiger partial charge in [0.2, 0.25) is 5.91 Å². The number of nitrogens with one attached hydrogen (secondary N) is 1. The third-order valence-electron chi connectivity index (χ3n) is 5.49. The van der Waals surface area contributed by atoms with Gasteiger partial charge in [0.15, 0.2) is 0 Å². The lowest BCUT2D eigenvalue weighted by Crippen LogP contribution is -2.38. The lowest BCUT2D eigenvalue weighted by atomic mass is 9.92. The second-order valence-electron chi connectivity index (χ2n) is 7.78. The minimum atomic E-state index is 0.0577. The molecule has 1 fully saturated rings. The van der Waals surface area contributed by atoms with Gasteiger partial charge in [-0.25, -0.2) is 9.97 Å². The smallest absolute Gasteiger partial charge is 0.246 e. The molecule has 1 saturated heterocycles. The fourth-order valence-electron chi connectivity index (χ4n) is 3.66. The topological polar surface area (TPSA) is 83.9 Å². The van der Waals surface area contributed by atoms with E-state index < -0.39 is 0 Å². The first-order valence-corrected chi connectivity index (χ1v) is 10.5. The van der Waals surface area contributed by atoms with Crippen LogP contribution in [-0.2, 0) is 11.2 Å². The van der Waals surface area contributed by atoms with Gasteiger partial charge in [-0.1, -0.05) is 12.1 Å². The minimum Gasteiger partial charge on any atom is -0.339 e. The van der Waals surface area contributed by atoms with Crippen molar-refractivity contribution in [2.75, 3.05) is 18.4 Å². The summed E-state index contributed by atoms with van der Waals surface area (Å²) in [7, 11) is 0. The van der Waals surface area contributed by atoms with Crippen molar-refractivity contribution in [3.8, 4) is 0 Å². The van der Waals surface area contributed by atoms with Gasteiger partial charge in [-0.15, -0.1) is 0 Å². The monoisotopic (exact) mass is 414 g/mol. The Hall–Kier alpha value is -3.61. The van der Waals surface area contributed by atoms with Crippen molar-refractivity contribution in [1.82, 2.24) is 24.8 Å². The number of rotatable bonds is 6. The molecule has 1 N–H and O–H groups in total. The standard InChI is InChI=1S/C24H26N6O/c1-18-4-2-11-26-24(18)29-22-17-27-21(16-28-22)14-19-8-12-30(13-9-19)23(31)7-6-20-5-3-10-25-15-20/h2-7,10-11,15-17,19H,8-9,12-14H2,1H3,(H,26,28,29)/b7-6+. The van der Waals surface area contributed by atoms with Crippen molar-refractivity contribution >= 4 is 23.6 Å². The number of hydrogen-bond acceptors (Lipinski definition) is 6. The lowest BCUT2D eigenvalue weighted by molar-refractivity contribution is -0.127. The zero-order chi connectivity index (χ0) is 21.5. The maximum atomic E-state index is 12.4. The number of anilines is 2. The third kappa shape index (κ3) is 5.72. The Labute approximate surface area is 182 Å². The number of piperidine rings is 1. The first-order chi connectivity index (χ1) is 15.2. The van der Waals surface area contributed by atoms with E-state index in [4.69, 9.17) is 0 Å². The molecule has 0 bridgehead atoms. The van der Waals surface area contributed by atoms with E-state index in [0.29, 0.717) is 11.7 Å². The van der Waals surface area contributed by atoms with Crippen LogP contribution in [0.25, 0.3) is 6.08 Å². The molecule has 3 aromatic heterocycles. The Morgan fingerprint density at radius 1 is 1.10 bits per heavy atom. The number of pyridine rings is 2. The average molecular weight is 415 g/mol. The van der Waals surface area contributed by atoms with E-state index in [1.807, 2.05) is 48.4 Å². The number of nitrogens with zero attached hydrogens (tertiary/aromatic N) is 5. The van der Waals surface area contributed by atoms with Gasteiger partial charge in [-0.05, 0) is 61.4 Å². The summed E-state index contributed by atoms with van der Waals surface area (Å²) >= 11 is 0. The second kappa shape index (κ2) is 9.93.